The lowest BCUT2D eigenvalue weighted by molar-refractivity contribution is 0.418. The van der Waals surface area contributed by atoms with Crippen LogP contribution in [0.5, 0.6) is 0 Å². The van der Waals surface area contributed by atoms with E-state index in [9.17, 15) is 0 Å². The molecular weight excluding hydrogens is 198 g/mol. The molecule has 0 saturated carbocycles. The lowest BCUT2D eigenvalue weighted by Crippen LogP contribution is -2.45. The molecule has 0 amide bonds. The molecule has 1 rings (SSSR count). The molecule has 1 aromatic rings. The van der Waals surface area contributed by atoms with Gasteiger partial charge in [0.1, 0.15) is 6.07 Å². The Morgan fingerprint density at radius 3 is 2.50 bits per heavy atom. The number of nitrogens with one attached hydrogen (secondary N) is 1. The Kier molecular flexibility index (Phi) is 4.33. The molecule has 86 valence electrons. The van der Waals surface area contributed by atoms with E-state index in [4.69, 9.17) is 11.0 Å². The predicted octanol–water partition coefficient (Wildman–Crippen LogP) is 2.49. The van der Waals surface area contributed by atoms with Gasteiger partial charge in [0.25, 0.3) is 0 Å². The van der Waals surface area contributed by atoms with Crippen molar-refractivity contribution in [1.82, 2.24) is 0 Å². The number of hydrogen-bond donors (Lipinski definition) is 2. The SMILES string of the molecule is CCC(N)(CC)CNc1ccccc1C#N. The van der Waals surface area contributed by atoms with Gasteiger partial charge in [0.15, 0.2) is 0 Å². The van der Waals surface area contributed by atoms with Crippen molar-refractivity contribution in [3.63, 3.8) is 0 Å². The molecule has 0 aromatic heterocycles. The van der Waals surface area contributed by atoms with Gasteiger partial charge in [-0.15, -0.1) is 0 Å². The van der Waals surface area contributed by atoms with Crippen molar-refractivity contribution in [2.45, 2.75) is 32.2 Å². The number of nitrogens with two attached hydrogens (primary N) is 1. The van der Waals surface area contributed by atoms with E-state index in [-0.39, 0.29) is 5.54 Å². The summed E-state index contributed by atoms with van der Waals surface area (Å²) in [5, 5.41) is 12.2. The van der Waals surface area contributed by atoms with E-state index in [2.05, 4.69) is 25.2 Å². The van der Waals surface area contributed by atoms with E-state index in [0.29, 0.717) is 12.1 Å². The van der Waals surface area contributed by atoms with Crippen LogP contribution in [0.15, 0.2) is 24.3 Å². The topological polar surface area (TPSA) is 61.8 Å². The summed E-state index contributed by atoms with van der Waals surface area (Å²) in [6.07, 6.45) is 1.84. The van der Waals surface area contributed by atoms with Crippen LogP contribution in [0.3, 0.4) is 0 Å². The first-order valence-corrected chi connectivity index (χ1v) is 5.67. The third kappa shape index (κ3) is 2.98. The van der Waals surface area contributed by atoms with Crippen LogP contribution in [0, 0.1) is 11.3 Å². The molecule has 16 heavy (non-hydrogen) atoms. The molecule has 0 radical (unpaired) electrons. The lowest BCUT2D eigenvalue weighted by atomic mass is 9.94. The minimum absolute atomic E-state index is 0.192. The highest BCUT2D eigenvalue weighted by Crippen LogP contribution is 2.17. The second-order valence-electron chi connectivity index (χ2n) is 4.08. The second kappa shape index (κ2) is 5.53. The molecule has 0 spiro atoms. The largest absolute Gasteiger partial charge is 0.382 e. The highest BCUT2D eigenvalue weighted by molar-refractivity contribution is 5.57. The first-order valence-electron chi connectivity index (χ1n) is 5.67. The van der Waals surface area contributed by atoms with Crippen LogP contribution in [0.2, 0.25) is 0 Å². The molecule has 0 atom stereocenters. The molecule has 3 nitrogen and oxygen atoms in total. The molecular formula is C13H19N3. The van der Waals surface area contributed by atoms with E-state index in [1.54, 1.807) is 6.07 Å². The number of nitrogens with zero attached hydrogens (tertiary/aromatic N) is 1. The van der Waals surface area contributed by atoms with Crippen LogP contribution in [-0.4, -0.2) is 12.1 Å². The molecule has 0 aliphatic heterocycles. The Hall–Kier alpha value is -1.53. The van der Waals surface area contributed by atoms with Gasteiger partial charge in [-0.05, 0) is 25.0 Å². The van der Waals surface area contributed by atoms with Gasteiger partial charge in [0, 0.05) is 12.1 Å². The van der Waals surface area contributed by atoms with Crippen LogP contribution in [-0.2, 0) is 0 Å². The van der Waals surface area contributed by atoms with Crippen molar-refractivity contribution in [3.8, 4) is 6.07 Å². The summed E-state index contributed by atoms with van der Waals surface area (Å²) < 4.78 is 0. The van der Waals surface area contributed by atoms with Gasteiger partial charge in [-0.2, -0.15) is 5.26 Å². The predicted molar refractivity (Wildman–Crippen MR) is 67.1 cm³/mol. The minimum atomic E-state index is -0.192. The highest BCUT2D eigenvalue weighted by atomic mass is 14.9. The maximum Gasteiger partial charge on any atom is 0.101 e. The zero-order valence-corrected chi connectivity index (χ0v) is 9.96. The van der Waals surface area contributed by atoms with Gasteiger partial charge in [0.2, 0.25) is 0 Å². The maximum atomic E-state index is 8.94. The normalized spacial score (nSPS) is 10.9. The average Bonchev–Trinajstić information content (AvgIpc) is 2.36. The zero-order valence-electron chi connectivity index (χ0n) is 9.96. The number of benzene rings is 1. The third-order valence-corrected chi connectivity index (χ3v) is 3.09. The average molecular weight is 217 g/mol. The Morgan fingerprint density at radius 2 is 1.94 bits per heavy atom. The summed E-state index contributed by atoms with van der Waals surface area (Å²) in [5.74, 6) is 0. The second-order valence-corrected chi connectivity index (χ2v) is 4.08. The minimum Gasteiger partial charge on any atom is -0.382 e. The van der Waals surface area contributed by atoms with Gasteiger partial charge in [-0.3, -0.25) is 0 Å². The van der Waals surface area contributed by atoms with E-state index in [1.165, 1.54) is 0 Å². The van der Waals surface area contributed by atoms with Gasteiger partial charge in [0.05, 0.1) is 11.3 Å². The van der Waals surface area contributed by atoms with Crippen LogP contribution in [0.25, 0.3) is 0 Å². The molecule has 0 fully saturated rings. The maximum absolute atomic E-state index is 8.94. The first kappa shape index (κ1) is 12.5. The zero-order chi connectivity index (χ0) is 12.0. The van der Waals surface area contributed by atoms with Crippen LogP contribution >= 0.6 is 0 Å². The van der Waals surface area contributed by atoms with Gasteiger partial charge < -0.3 is 11.1 Å². The third-order valence-electron chi connectivity index (χ3n) is 3.09. The molecule has 0 bridgehead atoms. The molecule has 0 saturated heterocycles. The van der Waals surface area contributed by atoms with E-state index in [1.807, 2.05) is 18.2 Å². The molecule has 0 aliphatic rings. The summed E-state index contributed by atoms with van der Waals surface area (Å²) in [4.78, 5) is 0. The Morgan fingerprint density at radius 1 is 1.31 bits per heavy atom. The van der Waals surface area contributed by atoms with Crippen molar-refractivity contribution in [3.05, 3.63) is 29.8 Å². The quantitative estimate of drug-likeness (QED) is 0.796. The Labute approximate surface area is 97.3 Å². The fourth-order valence-electron chi connectivity index (χ4n) is 1.51. The standard InChI is InChI=1S/C13H19N3/c1-3-13(15,4-2)10-16-12-8-6-5-7-11(12)9-14/h5-8,16H,3-4,10,15H2,1-2H3. The van der Waals surface area contributed by atoms with E-state index >= 15 is 0 Å². The van der Waals surface area contributed by atoms with E-state index < -0.39 is 0 Å². The molecule has 0 heterocycles. The van der Waals surface area contributed by atoms with Crippen LogP contribution in [0.4, 0.5) is 5.69 Å². The van der Waals surface area contributed by atoms with Gasteiger partial charge in [-0.1, -0.05) is 26.0 Å². The monoisotopic (exact) mass is 217 g/mol. The smallest absolute Gasteiger partial charge is 0.101 e. The van der Waals surface area contributed by atoms with Crippen molar-refractivity contribution in [2.75, 3.05) is 11.9 Å². The van der Waals surface area contributed by atoms with Crippen molar-refractivity contribution >= 4 is 5.69 Å². The highest BCUT2D eigenvalue weighted by Gasteiger charge is 2.19. The fraction of sp³-hybridized carbons (Fsp3) is 0.462. The van der Waals surface area contributed by atoms with Crippen molar-refractivity contribution < 1.29 is 0 Å². The lowest BCUT2D eigenvalue weighted by Gasteiger charge is -2.27. The van der Waals surface area contributed by atoms with Gasteiger partial charge >= 0.3 is 0 Å². The Balaban J connectivity index is 2.72. The van der Waals surface area contributed by atoms with Crippen molar-refractivity contribution in [2.24, 2.45) is 5.73 Å². The number of para-hydroxylation sites is 1. The number of rotatable bonds is 5. The first-order chi connectivity index (χ1) is 7.65. The summed E-state index contributed by atoms with van der Waals surface area (Å²) >= 11 is 0. The van der Waals surface area contributed by atoms with Crippen LogP contribution < -0.4 is 11.1 Å². The van der Waals surface area contributed by atoms with E-state index in [0.717, 1.165) is 18.5 Å². The summed E-state index contributed by atoms with van der Waals surface area (Å²) in [7, 11) is 0. The Bertz CT molecular complexity index is 375. The molecule has 0 aliphatic carbocycles. The molecule has 3 N–H and O–H groups in total. The molecule has 0 unspecified atom stereocenters. The van der Waals surface area contributed by atoms with Crippen LogP contribution in [0.1, 0.15) is 32.3 Å². The number of anilines is 1. The summed E-state index contributed by atoms with van der Waals surface area (Å²) in [6, 6.07) is 9.65. The summed E-state index contributed by atoms with van der Waals surface area (Å²) in [5.41, 5.74) is 7.53. The van der Waals surface area contributed by atoms with Gasteiger partial charge in [-0.25, -0.2) is 0 Å². The molecule has 3 heteroatoms. The molecule has 1 aromatic carbocycles. The fourth-order valence-corrected chi connectivity index (χ4v) is 1.51. The number of hydrogen-bond acceptors (Lipinski definition) is 3. The summed E-state index contributed by atoms with van der Waals surface area (Å²) in [6.45, 7) is 4.86. The number of nitriles is 1. The van der Waals surface area contributed by atoms with Crippen molar-refractivity contribution in [1.29, 1.82) is 5.26 Å².